The van der Waals surface area contributed by atoms with Crippen LogP contribution in [0.5, 0.6) is 0 Å². The van der Waals surface area contributed by atoms with Crippen molar-refractivity contribution < 1.29 is 14.3 Å². The molecule has 0 saturated carbocycles. The molecule has 0 fully saturated rings. The van der Waals surface area contributed by atoms with Gasteiger partial charge in [-0.1, -0.05) is 0 Å². The predicted molar refractivity (Wildman–Crippen MR) is 52.2 cm³/mol. The van der Waals surface area contributed by atoms with Gasteiger partial charge >= 0.3 is 11.8 Å². The fourth-order valence-corrected chi connectivity index (χ4v) is 0.906. The summed E-state index contributed by atoms with van der Waals surface area (Å²) in [6, 6.07) is 0. The van der Waals surface area contributed by atoms with Gasteiger partial charge in [-0.05, 0) is 6.92 Å². The average molecular weight is 227 g/mol. The number of carbonyl (C=O) groups excluding carboxylic acids is 2. The van der Waals surface area contributed by atoms with Crippen LogP contribution in [0.3, 0.4) is 0 Å². The van der Waals surface area contributed by atoms with E-state index in [9.17, 15) is 19.2 Å². The molecule has 1 rings (SSSR count). The molecule has 0 spiro atoms. The minimum absolute atomic E-state index is 0.0983. The molecule has 86 valence electrons. The van der Waals surface area contributed by atoms with E-state index >= 15 is 0 Å². The summed E-state index contributed by atoms with van der Waals surface area (Å²) in [6.45, 7) is 1.66. The molecule has 2 amide bonds. The summed E-state index contributed by atoms with van der Waals surface area (Å²) in [6.07, 6.45) is -0.0477. The van der Waals surface area contributed by atoms with Crippen LogP contribution in [-0.4, -0.2) is 28.6 Å². The fourth-order valence-electron chi connectivity index (χ4n) is 0.906. The second-order valence-corrected chi connectivity index (χ2v) is 2.66. The Morgan fingerprint density at radius 2 is 2.12 bits per heavy atom. The van der Waals surface area contributed by atoms with Gasteiger partial charge in [0.15, 0.2) is 0 Å². The number of hydrogen-bond donors (Lipinski definition) is 3. The molecule has 0 bridgehead atoms. The molecule has 0 radical (unpaired) electrons. The van der Waals surface area contributed by atoms with E-state index < -0.39 is 23.2 Å². The van der Waals surface area contributed by atoms with E-state index in [4.69, 9.17) is 0 Å². The first-order valence-electron chi connectivity index (χ1n) is 4.34. The van der Waals surface area contributed by atoms with Crippen LogP contribution in [0, 0.1) is 0 Å². The van der Waals surface area contributed by atoms with Crippen LogP contribution < -0.4 is 16.6 Å². The maximum absolute atomic E-state index is 11.3. The van der Waals surface area contributed by atoms with Crippen molar-refractivity contribution in [2.24, 2.45) is 0 Å². The number of imide groups is 1. The van der Waals surface area contributed by atoms with E-state index in [1.165, 1.54) is 0 Å². The highest BCUT2D eigenvalue weighted by atomic mass is 16.5. The van der Waals surface area contributed by atoms with Crippen LogP contribution in [0.2, 0.25) is 0 Å². The van der Waals surface area contributed by atoms with Gasteiger partial charge < -0.3 is 9.72 Å². The molecule has 0 aromatic carbocycles. The van der Waals surface area contributed by atoms with E-state index in [0.29, 0.717) is 0 Å². The zero-order valence-electron chi connectivity index (χ0n) is 8.33. The molecule has 16 heavy (non-hydrogen) atoms. The van der Waals surface area contributed by atoms with Crippen molar-refractivity contribution >= 4 is 12.0 Å². The van der Waals surface area contributed by atoms with Crippen molar-refractivity contribution in [2.45, 2.75) is 6.92 Å². The molecule has 8 heteroatoms. The minimum Gasteiger partial charge on any atom is -0.450 e. The predicted octanol–water partition coefficient (Wildman–Crippen LogP) is -1.05. The van der Waals surface area contributed by atoms with Crippen molar-refractivity contribution in [1.29, 1.82) is 0 Å². The molecule has 0 saturated heterocycles. The first-order valence-corrected chi connectivity index (χ1v) is 4.34. The summed E-state index contributed by atoms with van der Waals surface area (Å²) >= 11 is 0. The maximum Gasteiger partial charge on any atom is 0.414 e. The van der Waals surface area contributed by atoms with Crippen LogP contribution in [0.4, 0.5) is 4.79 Å². The second kappa shape index (κ2) is 4.91. The first-order chi connectivity index (χ1) is 7.54. The smallest absolute Gasteiger partial charge is 0.414 e. The van der Waals surface area contributed by atoms with Crippen molar-refractivity contribution in [3.05, 3.63) is 32.6 Å². The lowest BCUT2D eigenvalue weighted by molar-refractivity contribution is 0.0923. The van der Waals surface area contributed by atoms with Gasteiger partial charge in [-0.25, -0.2) is 9.59 Å². The number of ether oxygens (including phenoxy) is 1. The Balaban J connectivity index is 2.85. The number of H-pyrrole nitrogens is 2. The highest BCUT2D eigenvalue weighted by molar-refractivity contribution is 6.02. The van der Waals surface area contributed by atoms with E-state index in [2.05, 4.69) is 9.72 Å². The van der Waals surface area contributed by atoms with Gasteiger partial charge in [-0.3, -0.25) is 19.9 Å². The molecular formula is C8H9N3O5. The second-order valence-electron chi connectivity index (χ2n) is 2.66. The molecule has 1 aromatic heterocycles. The SMILES string of the molecule is CCOC(=O)NC(=O)c1c[nH]c(=O)[nH]c1=O. The molecule has 0 aliphatic carbocycles. The fraction of sp³-hybridized carbons (Fsp3) is 0.250. The number of aromatic amines is 2. The molecule has 0 unspecified atom stereocenters. The molecule has 1 heterocycles. The summed E-state index contributed by atoms with van der Waals surface area (Å²) in [5, 5.41) is 1.82. The monoisotopic (exact) mass is 227 g/mol. The number of amides is 2. The Labute approximate surface area is 88.6 Å². The lowest BCUT2D eigenvalue weighted by atomic mass is 10.3. The van der Waals surface area contributed by atoms with Crippen molar-refractivity contribution in [3.8, 4) is 0 Å². The number of hydrogen-bond acceptors (Lipinski definition) is 5. The van der Waals surface area contributed by atoms with Gasteiger partial charge in [0.25, 0.3) is 11.5 Å². The highest BCUT2D eigenvalue weighted by Crippen LogP contribution is 1.86. The summed E-state index contributed by atoms with van der Waals surface area (Å²) in [7, 11) is 0. The van der Waals surface area contributed by atoms with Gasteiger partial charge in [0.1, 0.15) is 5.56 Å². The van der Waals surface area contributed by atoms with E-state index in [1.54, 1.807) is 6.92 Å². The largest absolute Gasteiger partial charge is 0.450 e. The molecular weight excluding hydrogens is 218 g/mol. The normalized spacial score (nSPS) is 9.56. The Hall–Kier alpha value is -2.38. The van der Waals surface area contributed by atoms with Crippen LogP contribution in [0.15, 0.2) is 15.8 Å². The van der Waals surface area contributed by atoms with Gasteiger partial charge in [-0.15, -0.1) is 0 Å². The Morgan fingerprint density at radius 1 is 1.44 bits per heavy atom. The lowest BCUT2D eigenvalue weighted by Crippen LogP contribution is -2.36. The Bertz CT molecular complexity index is 515. The molecule has 0 atom stereocenters. The van der Waals surface area contributed by atoms with Crippen molar-refractivity contribution in [1.82, 2.24) is 15.3 Å². The summed E-state index contributed by atoms with van der Waals surface area (Å²) in [5.74, 6) is -0.948. The number of rotatable bonds is 2. The van der Waals surface area contributed by atoms with E-state index in [-0.39, 0.29) is 12.2 Å². The lowest BCUT2D eigenvalue weighted by Gasteiger charge is -2.02. The van der Waals surface area contributed by atoms with Crippen LogP contribution in [0.1, 0.15) is 17.3 Å². The maximum atomic E-state index is 11.3. The van der Waals surface area contributed by atoms with Gasteiger partial charge in [0.2, 0.25) is 0 Å². The molecule has 8 nitrogen and oxygen atoms in total. The van der Waals surface area contributed by atoms with Crippen LogP contribution in [-0.2, 0) is 4.74 Å². The number of nitrogens with one attached hydrogen (secondary N) is 3. The van der Waals surface area contributed by atoms with Crippen molar-refractivity contribution in [2.75, 3.05) is 6.61 Å². The van der Waals surface area contributed by atoms with E-state index in [0.717, 1.165) is 6.20 Å². The molecule has 3 N–H and O–H groups in total. The third-order valence-electron chi connectivity index (χ3n) is 1.55. The van der Waals surface area contributed by atoms with Crippen LogP contribution >= 0.6 is 0 Å². The number of carbonyl (C=O) groups is 2. The zero-order valence-corrected chi connectivity index (χ0v) is 8.33. The average Bonchev–Trinajstić information content (AvgIpc) is 2.17. The molecule has 0 aliphatic rings. The number of aromatic nitrogens is 2. The third-order valence-corrected chi connectivity index (χ3v) is 1.55. The summed E-state index contributed by atoms with van der Waals surface area (Å²) in [4.78, 5) is 47.9. The number of alkyl carbamates (subject to hydrolysis) is 1. The molecule has 0 aliphatic heterocycles. The van der Waals surface area contributed by atoms with Crippen LogP contribution in [0.25, 0.3) is 0 Å². The quantitative estimate of drug-likeness (QED) is 0.595. The summed E-state index contributed by atoms with van der Waals surface area (Å²) in [5.41, 5.74) is -2.00. The third kappa shape index (κ3) is 2.80. The highest BCUT2D eigenvalue weighted by Gasteiger charge is 2.14. The topological polar surface area (TPSA) is 121 Å². The van der Waals surface area contributed by atoms with Gasteiger partial charge in [0.05, 0.1) is 6.61 Å². The first kappa shape index (κ1) is 11.7. The standard InChI is InChI=1S/C8H9N3O5/c1-2-16-8(15)11-6(13)4-3-9-7(14)10-5(4)12/h3H,2H2,1H3,(H,11,13,15)(H2,9,10,12,14). The Morgan fingerprint density at radius 3 is 2.69 bits per heavy atom. The van der Waals surface area contributed by atoms with Crippen molar-refractivity contribution in [3.63, 3.8) is 0 Å². The molecule has 1 aromatic rings. The van der Waals surface area contributed by atoms with E-state index in [1.807, 2.05) is 10.3 Å². The van der Waals surface area contributed by atoms with Gasteiger partial charge in [0, 0.05) is 6.20 Å². The zero-order chi connectivity index (χ0) is 12.1. The minimum atomic E-state index is -0.960. The van der Waals surface area contributed by atoms with Gasteiger partial charge in [-0.2, -0.15) is 0 Å². The summed E-state index contributed by atoms with van der Waals surface area (Å²) < 4.78 is 4.44. The Kier molecular flexibility index (Phi) is 3.59.